The number of carbonyl (C=O) groups is 2. The summed E-state index contributed by atoms with van der Waals surface area (Å²) in [4.78, 5) is 39.8. The van der Waals surface area contributed by atoms with Crippen LogP contribution in [-0.4, -0.2) is 66.4 Å². The van der Waals surface area contributed by atoms with Crippen LogP contribution >= 0.6 is 11.6 Å². The van der Waals surface area contributed by atoms with Crippen LogP contribution in [0, 0.1) is 0 Å². The smallest absolute Gasteiger partial charge is 0.257 e. The van der Waals surface area contributed by atoms with E-state index in [2.05, 4.69) is 4.98 Å². The number of amides is 2. The summed E-state index contributed by atoms with van der Waals surface area (Å²) >= 11 is 6.09. The molecule has 1 aliphatic rings. The van der Waals surface area contributed by atoms with E-state index in [0.29, 0.717) is 34.4 Å². The van der Waals surface area contributed by atoms with E-state index in [4.69, 9.17) is 21.3 Å². The van der Waals surface area contributed by atoms with Gasteiger partial charge in [-0.2, -0.15) is 0 Å². The Balaban J connectivity index is 1.90. The molecule has 0 N–H and O–H groups in total. The van der Waals surface area contributed by atoms with Crippen LogP contribution in [0.5, 0.6) is 5.75 Å². The number of aromatic nitrogens is 2. The van der Waals surface area contributed by atoms with Gasteiger partial charge in [0.1, 0.15) is 11.6 Å². The van der Waals surface area contributed by atoms with Crippen molar-refractivity contribution in [1.82, 2.24) is 19.8 Å². The fraction of sp³-hybridized carbons (Fsp3) is 0.455. The van der Waals surface area contributed by atoms with Crippen LogP contribution in [0.2, 0.25) is 5.02 Å². The molecular weight excluding hydrogens is 418 g/mol. The third kappa shape index (κ3) is 5.07. The van der Waals surface area contributed by atoms with E-state index in [1.165, 1.54) is 7.11 Å². The molecule has 1 aliphatic heterocycles. The van der Waals surface area contributed by atoms with Crippen molar-refractivity contribution in [2.45, 2.75) is 32.4 Å². The van der Waals surface area contributed by atoms with Crippen molar-refractivity contribution < 1.29 is 14.3 Å². The zero-order chi connectivity index (χ0) is 22.7. The maximum absolute atomic E-state index is 13.1. The average molecular weight is 446 g/mol. The molecule has 1 aromatic carbocycles. The molecule has 0 bridgehead atoms. The number of likely N-dealkylation sites (tertiary alicyclic amines) is 1. The molecule has 0 unspecified atom stereocenters. The van der Waals surface area contributed by atoms with Crippen molar-refractivity contribution in [3.63, 3.8) is 0 Å². The van der Waals surface area contributed by atoms with Crippen molar-refractivity contribution in [2.24, 2.45) is 0 Å². The first-order valence-electron chi connectivity index (χ1n) is 10.1. The highest BCUT2D eigenvalue weighted by Crippen LogP contribution is 2.31. The lowest BCUT2D eigenvalue weighted by Gasteiger charge is -2.25. The number of rotatable bonds is 6. The molecule has 2 amide bonds. The number of nitrogens with zero attached hydrogens (tertiary/aromatic N) is 5. The fourth-order valence-electron chi connectivity index (χ4n) is 3.74. The Bertz CT molecular complexity index is 982. The Labute approximate surface area is 187 Å². The Morgan fingerprint density at radius 2 is 1.97 bits per heavy atom. The number of anilines is 1. The van der Waals surface area contributed by atoms with Gasteiger partial charge in [-0.15, -0.1) is 0 Å². The lowest BCUT2D eigenvalue weighted by atomic mass is 10.1. The molecule has 0 spiro atoms. The van der Waals surface area contributed by atoms with Gasteiger partial charge in [-0.3, -0.25) is 9.59 Å². The standard InChI is InChI=1S/C22H28ClN5O3/c1-14(29)28-10-6-7-18(28)21-24-16(12-20(25-21)26(2)3)13-27(4)22(30)17-11-15(23)8-9-19(17)31-5/h8-9,11-12,18H,6-7,10,13H2,1-5H3/t18-/m1/s1. The predicted molar refractivity (Wildman–Crippen MR) is 120 cm³/mol. The van der Waals surface area contributed by atoms with Crippen LogP contribution < -0.4 is 9.64 Å². The zero-order valence-corrected chi connectivity index (χ0v) is 19.3. The van der Waals surface area contributed by atoms with Gasteiger partial charge >= 0.3 is 0 Å². The second kappa shape index (κ2) is 9.51. The van der Waals surface area contributed by atoms with Crippen LogP contribution in [0.1, 0.15) is 47.7 Å². The van der Waals surface area contributed by atoms with E-state index in [0.717, 1.165) is 18.7 Å². The summed E-state index contributed by atoms with van der Waals surface area (Å²) in [6.07, 6.45) is 1.74. The SMILES string of the molecule is COc1ccc(Cl)cc1C(=O)N(C)Cc1cc(N(C)C)nc([C@H]2CCCN2C(C)=O)n1. The van der Waals surface area contributed by atoms with Gasteiger partial charge in [0.25, 0.3) is 5.91 Å². The Morgan fingerprint density at radius 3 is 2.61 bits per heavy atom. The highest BCUT2D eigenvalue weighted by molar-refractivity contribution is 6.31. The lowest BCUT2D eigenvalue weighted by Crippen LogP contribution is -2.31. The number of halogens is 1. The van der Waals surface area contributed by atoms with Crippen molar-refractivity contribution in [1.29, 1.82) is 0 Å². The minimum atomic E-state index is -0.225. The molecule has 1 aromatic heterocycles. The number of benzene rings is 1. The molecule has 1 atom stereocenters. The van der Waals surface area contributed by atoms with Crippen molar-refractivity contribution >= 4 is 29.2 Å². The number of hydrogen-bond donors (Lipinski definition) is 0. The molecule has 3 rings (SSSR count). The Kier molecular flexibility index (Phi) is 7.00. The molecule has 2 heterocycles. The van der Waals surface area contributed by atoms with Gasteiger partial charge < -0.3 is 19.4 Å². The molecule has 0 aliphatic carbocycles. The Morgan fingerprint density at radius 1 is 1.23 bits per heavy atom. The molecule has 31 heavy (non-hydrogen) atoms. The van der Waals surface area contributed by atoms with E-state index in [-0.39, 0.29) is 24.4 Å². The molecule has 2 aromatic rings. The number of hydrogen-bond acceptors (Lipinski definition) is 6. The summed E-state index contributed by atoms with van der Waals surface area (Å²) in [7, 11) is 7.03. The maximum Gasteiger partial charge on any atom is 0.257 e. The molecule has 0 saturated carbocycles. The molecular formula is C22H28ClN5O3. The number of carbonyl (C=O) groups excluding carboxylic acids is 2. The lowest BCUT2D eigenvalue weighted by molar-refractivity contribution is -0.129. The number of ether oxygens (including phenoxy) is 1. The first-order valence-corrected chi connectivity index (χ1v) is 10.5. The summed E-state index contributed by atoms with van der Waals surface area (Å²) in [5.41, 5.74) is 1.08. The third-order valence-electron chi connectivity index (χ3n) is 5.33. The molecule has 166 valence electrons. The van der Waals surface area contributed by atoms with Crippen LogP contribution in [0.25, 0.3) is 0 Å². The average Bonchev–Trinajstić information content (AvgIpc) is 3.23. The summed E-state index contributed by atoms with van der Waals surface area (Å²) in [5, 5.41) is 0.460. The zero-order valence-electron chi connectivity index (χ0n) is 18.6. The molecule has 8 nitrogen and oxygen atoms in total. The van der Waals surface area contributed by atoms with Gasteiger partial charge in [-0.25, -0.2) is 9.97 Å². The Hall–Kier alpha value is -2.87. The van der Waals surface area contributed by atoms with E-state index in [1.807, 2.05) is 30.0 Å². The largest absolute Gasteiger partial charge is 0.496 e. The van der Waals surface area contributed by atoms with Gasteiger partial charge in [-0.1, -0.05) is 11.6 Å². The predicted octanol–water partition coefficient (Wildman–Crippen LogP) is 3.16. The third-order valence-corrected chi connectivity index (χ3v) is 5.57. The summed E-state index contributed by atoms with van der Waals surface area (Å²) in [6, 6.07) is 6.66. The van der Waals surface area contributed by atoms with Crippen LogP contribution in [0.3, 0.4) is 0 Å². The van der Waals surface area contributed by atoms with Gasteiger partial charge in [-0.05, 0) is 31.0 Å². The summed E-state index contributed by atoms with van der Waals surface area (Å²) < 4.78 is 5.32. The highest BCUT2D eigenvalue weighted by atomic mass is 35.5. The second-order valence-corrected chi connectivity index (χ2v) is 8.28. The van der Waals surface area contributed by atoms with E-state index in [9.17, 15) is 9.59 Å². The quantitative estimate of drug-likeness (QED) is 0.679. The monoisotopic (exact) mass is 445 g/mol. The first-order chi connectivity index (χ1) is 14.7. The van der Waals surface area contributed by atoms with E-state index >= 15 is 0 Å². The maximum atomic E-state index is 13.1. The van der Waals surface area contributed by atoms with Gasteiger partial charge in [0.15, 0.2) is 5.82 Å². The van der Waals surface area contributed by atoms with Gasteiger partial charge in [0.2, 0.25) is 5.91 Å². The molecule has 1 fully saturated rings. The number of methoxy groups -OCH3 is 1. The van der Waals surface area contributed by atoms with Crippen molar-refractivity contribution in [3.05, 3.63) is 46.4 Å². The van der Waals surface area contributed by atoms with Gasteiger partial charge in [0, 0.05) is 45.7 Å². The highest BCUT2D eigenvalue weighted by Gasteiger charge is 2.31. The summed E-state index contributed by atoms with van der Waals surface area (Å²) in [6.45, 7) is 2.55. The van der Waals surface area contributed by atoms with Crippen molar-refractivity contribution in [3.8, 4) is 5.75 Å². The van der Waals surface area contributed by atoms with Crippen LogP contribution in [-0.2, 0) is 11.3 Å². The van der Waals surface area contributed by atoms with Crippen LogP contribution in [0.4, 0.5) is 5.82 Å². The van der Waals surface area contributed by atoms with Crippen molar-refractivity contribution in [2.75, 3.05) is 39.7 Å². The topological polar surface area (TPSA) is 78.9 Å². The minimum absolute atomic E-state index is 0.0169. The molecule has 0 radical (unpaired) electrons. The van der Waals surface area contributed by atoms with E-state index < -0.39 is 0 Å². The normalized spacial score (nSPS) is 15.7. The minimum Gasteiger partial charge on any atom is -0.496 e. The summed E-state index contributed by atoms with van der Waals surface area (Å²) in [5.74, 6) is 1.59. The molecule has 1 saturated heterocycles. The molecule has 9 heteroatoms. The fourth-order valence-corrected chi connectivity index (χ4v) is 3.91. The second-order valence-electron chi connectivity index (χ2n) is 7.85. The van der Waals surface area contributed by atoms with E-state index in [1.54, 1.807) is 37.1 Å². The first kappa shape index (κ1) is 22.8. The van der Waals surface area contributed by atoms with Gasteiger partial charge in [0.05, 0.1) is 31.0 Å². The van der Waals surface area contributed by atoms with Crippen LogP contribution in [0.15, 0.2) is 24.3 Å².